The summed E-state index contributed by atoms with van der Waals surface area (Å²) in [6.07, 6.45) is 4.24. The van der Waals surface area contributed by atoms with Crippen LogP contribution in [0.3, 0.4) is 0 Å². The lowest BCUT2D eigenvalue weighted by Gasteiger charge is -2.37. The zero-order valence-corrected chi connectivity index (χ0v) is 17.2. The summed E-state index contributed by atoms with van der Waals surface area (Å²) in [4.78, 5) is 10.7. The van der Waals surface area contributed by atoms with Crippen molar-refractivity contribution in [3.8, 4) is 5.75 Å². The number of phenolic OH excluding ortho intramolecular Hbond substituents is 1. The maximum atomic E-state index is 10.7. The molecule has 3 aromatic rings. The molecule has 0 radical (unpaired) electrons. The van der Waals surface area contributed by atoms with E-state index in [1.54, 1.807) is 12.1 Å². The molecule has 1 heterocycles. The van der Waals surface area contributed by atoms with Crippen molar-refractivity contribution in [1.82, 2.24) is 0 Å². The standard InChI is InChI=1S/C26H26O5/c27-23-15-7-6-13-22(23)25-19(10-2-1-3-16-24(28)29)17-30-26(31-25)21-14-8-11-18-9-4-5-12-20(18)21/h1-2,4-9,11-15,19,25-27H,3,10,16-17H2,(H,28,29). The number of aromatic hydroxyl groups is 1. The van der Waals surface area contributed by atoms with E-state index < -0.39 is 12.3 Å². The van der Waals surface area contributed by atoms with Gasteiger partial charge in [-0.3, -0.25) is 4.79 Å². The molecule has 5 nitrogen and oxygen atoms in total. The van der Waals surface area contributed by atoms with Gasteiger partial charge in [0.2, 0.25) is 0 Å². The minimum Gasteiger partial charge on any atom is -0.508 e. The van der Waals surface area contributed by atoms with Gasteiger partial charge in [-0.15, -0.1) is 0 Å². The second kappa shape index (κ2) is 9.77. The van der Waals surface area contributed by atoms with E-state index in [1.807, 2.05) is 48.6 Å². The summed E-state index contributed by atoms with van der Waals surface area (Å²) in [5, 5.41) is 21.5. The van der Waals surface area contributed by atoms with Crippen LogP contribution < -0.4 is 0 Å². The van der Waals surface area contributed by atoms with Crippen LogP contribution in [0.15, 0.2) is 78.9 Å². The van der Waals surface area contributed by atoms with Gasteiger partial charge < -0.3 is 19.7 Å². The Bertz CT molecular complexity index is 1070. The molecule has 31 heavy (non-hydrogen) atoms. The number of carboxylic acid groups (broad SMARTS) is 1. The third kappa shape index (κ3) is 4.95. The lowest BCUT2D eigenvalue weighted by Crippen LogP contribution is -2.30. The molecule has 1 aliphatic heterocycles. The molecule has 0 bridgehead atoms. The fourth-order valence-corrected chi connectivity index (χ4v) is 4.04. The number of fused-ring (bicyclic) bond motifs is 1. The van der Waals surface area contributed by atoms with E-state index in [0.29, 0.717) is 19.4 Å². The lowest BCUT2D eigenvalue weighted by molar-refractivity contribution is -0.243. The number of allylic oxidation sites excluding steroid dienone is 2. The Kier molecular flexibility index (Phi) is 6.65. The molecule has 1 saturated heterocycles. The first-order valence-corrected chi connectivity index (χ1v) is 10.5. The van der Waals surface area contributed by atoms with Gasteiger partial charge in [-0.2, -0.15) is 0 Å². The number of hydrogen-bond donors (Lipinski definition) is 2. The number of ether oxygens (including phenoxy) is 2. The Hall–Kier alpha value is -3.15. The van der Waals surface area contributed by atoms with Gasteiger partial charge in [-0.1, -0.05) is 72.8 Å². The summed E-state index contributed by atoms with van der Waals surface area (Å²) >= 11 is 0. The first-order chi connectivity index (χ1) is 15.1. The van der Waals surface area contributed by atoms with Crippen LogP contribution in [-0.2, 0) is 14.3 Å². The van der Waals surface area contributed by atoms with Crippen molar-refractivity contribution in [3.63, 3.8) is 0 Å². The monoisotopic (exact) mass is 418 g/mol. The summed E-state index contributed by atoms with van der Waals surface area (Å²) in [6, 6.07) is 21.4. The molecule has 2 N–H and O–H groups in total. The van der Waals surface area contributed by atoms with Gasteiger partial charge in [0.15, 0.2) is 6.29 Å². The molecule has 3 aromatic carbocycles. The summed E-state index contributed by atoms with van der Waals surface area (Å²) in [5.74, 6) is -0.606. The second-order valence-corrected chi connectivity index (χ2v) is 7.75. The molecular formula is C26H26O5. The SMILES string of the molecule is O=C(O)CCC=CCC1COC(c2cccc3ccccc23)OC1c1ccccc1O. The summed E-state index contributed by atoms with van der Waals surface area (Å²) in [5.41, 5.74) is 1.70. The Morgan fingerprint density at radius 3 is 2.55 bits per heavy atom. The summed E-state index contributed by atoms with van der Waals surface area (Å²) < 4.78 is 12.6. The number of carboxylic acids is 1. The largest absolute Gasteiger partial charge is 0.508 e. The second-order valence-electron chi connectivity index (χ2n) is 7.75. The lowest BCUT2D eigenvalue weighted by atomic mass is 9.91. The highest BCUT2D eigenvalue weighted by molar-refractivity contribution is 5.85. The van der Waals surface area contributed by atoms with Crippen LogP contribution in [0.25, 0.3) is 10.8 Å². The minimum atomic E-state index is -0.806. The number of phenols is 1. The highest BCUT2D eigenvalue weighted by Crippen LogP contribution is 2.43. The molecule has 4 rings (SSSR count). The average molecular weight is 418 g/mol. The highest BCUT2D eigenvalue weighted by atomic mass is 16.7. The van der Waals surface area contributed by atoms with Crippen LogP contribution >= 0.6 is 0 Å². The molecule has 0 amide bonds. The third-order valence-electron chi connectivity index (χ3n) is 5.61. The maximum Gasteiger partial charge on any atom is 0.303 e. The highest BCUT2D eigenvalue weighted by Gasteiger charge is 2.35. The van der Waals surface area contributed by atoms with Gasteiger partial charge in [0.25, 0.3) is 0 Å². The number of carbonyl (C=O) groups is 1. The molecule has 5 heteroatoms. The molecular weight excluding hydrogens is 392 g/mol. The Balaban J connectivity index is 1.58. The van der Waals surface area contributed by atoms with E-state index in [-0.39, 0.29) is 24.2 Å². The van der Waals surface area contributed by atoms with Crippen molar-refractivity contribution < 1.29 is 24.5 Å². The van der Waals surface area contributed by atoms with Crippen LogP contribution in [0.4, 0.5) is 0 Å². The third-order valence-corrected chi connectivity index (χ3v) is 5.61. The molecule has 1 aliphatic rings. The average Bonchev–Trinajstić information content (AvgIpc) is 2.79. The molecule has 0 aliphatic carbocycles. The molecule has 1 fully saturated rings. The molecule has 0 saturated carbocycles. The Morgan fingerprint density at radius 2 is 1.71 bits per heavy atom. The summed E-state index contributed by atoms with van der Waals surface area (Å²) in [7, 11) is 0. The van der Waals surface area contributed by atoms with Crippen molar-refractivity contribution in [2.24, 2.45) is 5.92 Å². The molecule has 160 valence electrons. The predicted octanol–water partition coefficient (Wildman–Crippen LogP) is 5.76. The van der Waals surface area contributed by atoms with Crippen LogP contribution in [-0.4, -0.2) is 22.8 Å². The molecule has 0 aromatic heterocycles. The van der Waals surface area contributed by atoms with Crippen molar-refractivity contribution >= 4 is 16.7 Å². The molecule has 3 unspecified atom stereocenters. The van der Waals surface area contributed by atoms with E-state index in [1.165, 1.54) is 0 Å². The van der Waals surface area contributed by atoms with E-state index >= 15 is 0 Å². The van der Waals surface area contributed by atoms with Crippen LogP contribution in [0.5, 0.6) is 5.75 Å². The van der Waals surface area contributed by atoms with Gasteiger partial charge >= 0.3 is 5.97 Å². The number of benzene rings is 3. The zero-order chi connectivity index (χ0) is 21.6. The number of rotatable bonds is 7. The number of hydrogen-bond acceptors (Lipinski definition) is 4. The maximum absolute atomic E-state index is 10.7. The van der Waals surface area contributed by atoms with Gasteiger partial charge in [0, 0.05) is 23.5 Å². The van der Waals surface area contributed by atoms with Gasteiger partial charge in [0.05, 0.1) is 12.7 Å². The van der Waals surface area contributed by atoms with E-state index in [0.717, 1.165) is 21.9 Å². The van der Waals surface area contributed by atoms with Crippen molar-refractivity contribution in [2.75, 3.05) is 6.61 Å². The Morgan fingerprint density at radius 1 is 0.968 bits per heavy atom. The normalized spacial score (nSPS) is 21.5. The van der Waals surface area contributed by atoms with E-state index in [2.05, 4.69) is 18.2 Å². The first kappa shape index (κ1) is 21.1. The number of para-hydroxylation sites is 1. The van der Waals surface area contributed by atoms with Crippen LogP contribution in [0, 0.1) is 5.92 Å². The van der Waals surface area contributed by atoms with Crippen LogP contribution in [0.1, 0.15) is 42.8 Å². The fourth-order valence-electron chi connectivity index (χ4n) is 4.04. The van der Waals surface area contributed by atoms with E-state index in [9.17, 15) is 9.90 Å². The first-order valence-electron chi connectivity index (χ1n) is 10.5. The molecule has 0 spiro atoms. The molecule has 3 atom stereocenters. The minimum absolute atomic E-state index is 0.000560. The van der Waals surface area contributed by atoms with Gasteiger partial charge in [-0.05, 0) is 29.7 Å². The predicted molar refractivity (Wildman–Crippen MR) is 119 cm³/mol. The van der Waals surface area contributed by atoms with Gasteiger partial charge in [-0.25, -0.2) is 0 Å². The van der Waals surface area contributed by atoms with Gasteiger partial charge in [0.1, 0.15) is 5.75 Å². The van der Waals surface area contributed by atoms with E-state index in [4.69, 9.17) is 14.6 Å². The van der Waals surface area contributed by atoms with Crippen LogP contribution in [0.2, 0.25) is 0 Å². The topological polar surface area (TPSA) is 76.0 Å². The number of aliphatic carboxylic acids is 1. The fraction of sp³-hybridized carbons (Fsp3) is 0.269. The quantitative estimate of drug-likeness (QED) is 0.477. The van der Waals surface area contributed by atoms with Crippen molar-refractivity contribution in [2.45, 2.75) is 31.7 Å². The summed E-state index contributed by atoms with van der Waals surface area (Å²) in [6.45, 7) is 0.468. The zero-order valence-electron chi connectivity index (χ0n) is 17.2. The smallest absolute Gasteiger partial charge is 0.303 e. The Labute approximate surface area is 181 Å². The van der Waals surface area contributed by atoms with Crippen molar-refractivity contribution in [3.05, 3.63) is 90.0 Å². The van der Waals surface area contributed by atoms with Crippen molar-refractivity contribution in [1.29, 1.82) is 0 Å².